The van der Waals surface area contributed by atoms with Crippen molar-refractivity contribution in [2.24, 2.45) is 0 Å². The Hall–Kier alpha value is -1.79. The highest BCUT2D eigenvalue weighted by molar-refractivity contribution is 7.89. The Labute approximate surface area is 192 Å². The fourth-order valence-electron chi connectivity index (χ4n) is 4.26. The normalized spacial score (nSPS) is 19.0. The smallest absolute Gasteiger partial charge is 0.308 e. The summed E-state index contributed by atoms with van der Waals surface area (Å²) in [5, 5.41) is 0. The molecule has 2 saturated heterocycles. The van der Waals surface area contributed by atoms with E-state index < -0.39 is 10.0 Å². The average Bonchev–Trinajstić information content (AvgIpc) is 3.12. The molecule has 9 nitrogen and oxygen atoms in total. The van der Waals surface area contributed by atoms with Gasteiger partial charge in [-0.05, 0) is 31.2 Å². The zero-order valence-electron chi connectivity index (χ0n) is 18.4. The summed E-state index contributed by atoms with van der Waals surface area (Å²) in [4.78, 5) is 29.1. The van der Waals surface area contributed by atoms with Gasteiger partial charge in [0, 0.05) is 52.2 Å². The molecule has 0 atom stereocenters. The molecular formula is C21H30N4O5S2. The molecule has 4 rings (SSSR count). The number of hydrogen-bond donors (Lipinski definition) is 0. The van der Waals surface area contributed by atoms with Crippen LogP contribution in [0.15, 0.2) is 27.9 Å². The summed E-state index contributed by atoms with van der Waals surface area (Å²) in [6.07, 6.45) is 1.28. The minimum Gasteiger partial charge on any atom is -0.378 e. The molecule has 2 aliphatic heterocycles. The molecule has 1 aromatic carbocycles. The molecule has 2 fully saturated rings. The monoisotopic (exact) mass is 482 g/mol. The van der Waals surface area contributed by atoms with Crippen LogP contribution < -0.4 is 4.87 Å². The van der Waals surface area contributed by atoms with E-state index in [4.69, 9.17) is 4.74 Å². The van der Waals surface area contributed by atoms with E-state index in [1.165, 1.54) is 4.31 Å². The van der Waals surface area contributed by atoms with E-state index in [0.717, 1.165) is 37.4 Å². The molecule has 1 amide bonds. The molecule has 176 valence electrons. The summed E-state index contributed by atoms with van der Waals surface area (Å²) < 4.78 is 35.3. The van der Waals surface area contributed by atoms with Crippen LogP contribution in [-0.2, 0) is 26.1 Å². The number of thiazole rings is 1. The Kier molecular flexibility index (Phi) is 7.30. The molecule has 2 aromatic rings. The number of piperazine rings is 1. The molecule has 0 spiro atoms. The molecule has 0 aliphatic carbocycles. The standard InChI is InChI=1S/C21H30N4O5S2/c1-2-6-22-8-10-24(11-9-22)32(28,29)17-3-4-18-19(16-17)31-21(27)25(18)7-5-20(26)23-12-14-30-15-13-23/h3-4,16H,2,5-15H2,1H3. The summed E-state index contributed by atoms with van der Waals surface area (Å²) in [7, 11) is -3.61. The molecule has 0 unspecified atom stereocenters. The van der Waals surface area contributed by atoms with Crippen molar-refractivity contribution in [3.63, 3.8) is 0 Å². The first-order valence-corrected chi connectivity index (χ1v) is 13.4. The van der Waals surface area contributed by atoms with E-state index >= 15 is 0 Å². The lowest BCUT2D eigenvalue weighted by molar-refractivity contribution is -0.135. The lowest BCUT2D eigenvalue weighted by Crippen LogP contribution is -2.48. The van der Waals surface area contributed by atoms with Crippen molar-refractivity contribution in [3.8, 4) is 0 Å². The van der Waals surface area contributed by atoms with Gasteiger partial charge in [0.1, 0.15) is 0 Å². The van der Waals surface area contributed by atoms with Gasteiger partial charge in [0.05, 0.1) is 28.3 Å². The van der Waals surface area contributed by atoms with E-state index in [-0.39, 0.29) is 28.6 Å². The number of rotatable bonds is 7. The maximum Gasteiger partial charge on any atom is 0.308 e. The van der Waals surface area contributed by atoms with Crippen molar-refractivity contribution in [2.45, 2.75) is 31.2 Å². The number of ether oxygens (including phenoxy) is 1. The van der Waals surface area contributed by atoms with Crippen molar-refractivity contribution in [2.75, 3.05) is 59.0 Å². The Morgan fingerprint density at radius 3 is 2.47 bits per heavy atom. The molecule has 11 heteroatoms. The lowest BCUT2D eigenvalue weighted by atomic mass is 10.3. The van der Waals surface area contributed by atoms with Gasteiger partial charge in [0.25, 0.3) is 0 Å². The van der Waals surface area contributed by atoms with Gasteiger partial charge in [-0.3, -0.25) is 14.2 Å². The number of aromatic nitrogens is 1. The number of nitrogens with zero attached hydrogens (tertiary/aromatic N) is 4. The lowest BCUT2D eigenvalue weighted by Gasteiger charge is -2.33. The predicted octanol–water partition coefficient (Wildman–Crippen LogP) is 1.03. The Morgan fingerprint density at radius 1 is 1.06 bits per heavy atom. The van der Waals surface area contributed by atoms with Crippen LogP contribution in [0.1, 0.15) is 19.8 Å². The van der Waals surface area contributed by atoms with Gasteiger partial charge in [-0.15, -0.1) is 0 Å². The van der Waals surface area contributed by atoms with Crippen molar-refractivity contribution in [1.82, 2.24) is 18.7 Å². The van der Waals surface area contributed by atoms with Gasteiger partial charge in [-0.1, -0.05) is 18.3 Å². The molecule has 1 aromatic heterocycles. The van der Waals surface area contributed by atoms with Crippen LogP contribution in [0.5, 0.6) is 0 Å². The minimum absolute atomic E-state index is 0.000892. The fourth-order valence-corrected chi connectivity index (χ4v) is 6.74. The maximum atomic E-state index is 13.1. The van der Waals surface area contributed by atoms with Gasteiger partial charge in [0.2, 0.25) is 15.9 Å². The van der Waals surface area contributed by atoms with Crippen molar-refractivity contribution >= 4 is 37.5 Å². The van der Waals surface area contributed by atoms with Gasteiger partial charge in [0.15, 0.2) is 0 Å². The van der Waals surface area contributed by atoms with Crippen LogP contribution in [0.3, 0.4) is 0 Å². The summed E-state index contributed by atoms with van der Waals surface area (Å²) >= 11 is 1.02. The zero-order chi connectivity index (χ0) is 22.7. The van der Waals surface area contributed by atoms with E-state index in [1.807, 2.05) is 0 Å². The highest BCUT2D eigenvalue weighted by Crippen LogP contribution is 2.25. The Balaban J connectivity index is 1.48. The van der Waals surface area contributed by atoms with E-state index in [0.29, 0.717) is 49.6 Å². The van der Waals surface area contributed by atoms with Crippen molar-refractivity contribution < 1.29 is 17.9 Å². The molecule has 32 heavy (non-hydrogen) atoms. The second kappa shape index (κ2) is 10.0. The quantitative estimate of drug-likeness (QED) is 0.585. The van der Waals surface area contributed by atoms with E-state index in [1.54, 1.807) is 27.7 Å². The maximum absolute atomic E-state index is 13.1. The van der Waals surface area contributed by atoms with E-state index in [9.17, 15) is 18.0 Å². The molecule has 0 radical (unpaired) electrons. The van der Waals surface area contributed by atoms with Crippen LogP contribution in [0, 0.1) is 0 Å². The minimum atomic E-state index is -3.61. The van der Waals surface area contributed by atoms with Crippen LogP contribution in [0.4, 0.5) is 0 Å². The highest BCUT2D eigenvalue weighted by Gasteiger charge is 2.29. The highest BCUT2D eigenvalue weighted by atomic mass is 32.2. The second-order valence-electron chi connectivity index (χ2n) is 8.14. The zero-order valence-corrected chi connectivity index (χ0v) is 20.0. The second-order valence-corrected chi connectivity index (χ2v) is 11.1. The number of sulfonamides is 1. The number of carbonyl (C=O) groups excluding carboxylic acids is 1. The number of hydrogen-bond acceptors (Lipinski definition) is 7. The SMILES string of the molecule is CCCN1CCN(S(=O)(=O)c2ccc3c(c2)sc(=O)n3CCC(=O)N2CCOCC2)CC1. The van der Waals surface area contributed by atoms with Gasteiger partial charge < -0.3 is 14.5 Å². The number of amides is 1. The third-order valence-electron chi connectivity index (χ3n) is 6.06. The van der Waals surface area contributed by atoms with Gasteiger partial charge in [-0.2, -0.15) is 4.31 Å². The molecule has 0 bridgehead atoms. The van der Waals surface area contributed by atoms with E-state index in [2.05, 4.69) is 11.8 Å². The van der Waals surface area contributed by atoms with Crippen LogP contribution >= 0.6 is 11.3 Å². The van der Waals surface area contributed by atoms with Crippen LogP contribution in [0.25, 0.3) is 10.2 Å². The third kappa shape index (κ3) is 4.91. The summed E-state index contributed by atoms with van der Waals surface area (Å²) in [5.74, 6) is 0.000892. The first kappa shape index (κ1) is 23.4. The fraction of sp³-hybridized carbons (Fsp3) is 0.619. The topological polar surface area (TPSA) is 92.2 Å². The number of benzene rings is 1. The molecular weight excluding hydrogens is 452 g/mol. The Morgan fingerprint density at radius 2 is 1.78 bits per heavy atom. The predicted molar refractivity (Wildman–Crippen MR) is 124 cm³/mol. The van der Waals surface area contributed by atoms with Crippen molar-refractivity contribution in [1.29, 1.82) is 0 Å². The number of fused-ring (bicyclic) bond motifs is 1. The number of aryl methyl sites for hydroxylation is 1. The van der Waals surface area contributed by atoms with Crippen molar-refractivity contribution in [3.05, 3.63) is 27.9 Å². The summed E-state index contributed by atoms with van der Waals surface area (Å²) in [5.41, 5.74) is 0.668. The third-order valence-corrected chi connectivity index (χ3v) is 8.90. The van der Waals surface area contributed by atoms with Crippen LogP contribution in [-0.4, -0.2) is 92.0 Å². The first-order valence-electron chi connectivity index (χ1n) is 11.1. The van der Waals surface area contributed by atoms with Gasteiger partial charge >= 0.3 is 4.87 Å². The first-order chi connectivity index (χ1) is 15.4. The Bertz CT molecular complexity index is 1110. The molecule has 2 aliphatic rings. The largest absolute Gasteiger partial charge is 0.378 e. The van der Waals surface area contributed by atoms with Crippen LogP contribution in [0.2, 0.25) is 0 Å². The summed E-state index contributed by atoms with van der Waals surface area (Å²) in [6, 6.07) is 4.85. The molecule has 3 heterocycles. The molecule has 0 N–H and O–H groups in total. The number of carbonyl (C=O) groups is 1. The summed E-state index contributed by atoms with van der Waals surface area (Å²) in [6.45, 7) is 8.02. The average molecular weight is 483 g/mol. The van der Waals surface area contributed by atoms with Gasteiger partial charge in [-0.25, -0.2) is 8.42 Å². The number of morpholine rings is 1. The molecule has 0 saturated carbocycles.